The smallest absolute Gasteiger partial charge is 0.315 e. The first kappa shape index (κ1) is 18.1. The standard InChI is InChI=1S/C18H29N3OS/c1-14-8-10-21(11-9-14)15(2)12-19-18(22)20-13-16-4-6-17(23-3)7-5-16/h4-7,14-15H,8-13H2,1-3H3,(H2,19,20,22). The average molecular weight is 336 g/mol. The highest BCUT2D eigenvalue weighted by Gasteiger charge is 2.20. The number of thioether (sulfide) groups is 1. The van der Waals surface area contributed by atoms with Crippen LogP contribution in [0.4, 0.5) is 4.79 Å². The Morgan fingerprint density at radius 1 is 1.26 bits per heavy atom. The average Bonchev–Trinajstić information content (AvgIpc) is 2.59. The Hall–Kier alpha value is -1.20. The van der Waals surface area contributed by atoms with E-state index in [1.807, 2.05) is 0 Å². The Kier molecular flexibility index (Phi) is 7.24. The Bertz CT molecular complexity index is 484. The molecule has 1 aromatic rings. The fourth-order valence-corrected chi connectivity index (χ4v) is 3.24. The van der Waals surface area contributed by atoms with Gasteiger partial charge < -0.3 is 10.6 Å². The van der Waals surface area contributed by atoms with Gasteiger partial charge in [-0.25, -0.2) is 4.79 Å². The van der Waals surface area contributed by atoms with E-state index in [4.69, 9.17) is 0 Å². The normalized spacial score (nSPS) is 17.7. The van der Waals surface area contributed by atoms with Gasteiger partial charge in [0.15, 0.2) is 0 Å². The van der Waals surface area contributed by atoms with Crippen LogP contribution in [0.15, 0.2) is 29.2 Å². The van der Waals surface area contributed by atoms with Crippen molar-refractivity contribution in [2.24, 2.45) is 5.92 Å². The summed E-state index contributed by atoms with van der Waals surface area (Å²) < 4.78 is 0. The van der Waals surface area contributed by atoms with Gasteiger partial charge in [-0.1, -0.05) is 19.1 Å². The molecule has 0 saturated carbocycles. The highest BCUT2D eigenvalue weighted by Crippen LogP contribution is 2.17. The number of benzene rings is 1. The second kappa shape index (κ2) is 9.18. The Balaban J connectivity index is 1.66. The van der Waals surface area contributed by atoms with Crippen molar-refractivity contribution in [3.05, 3.63) is 29.8 Å². The van der Waals surface area contributed by atoms with Gasteiger partial charge in [-0.15, -0.1) is 11.8 Å². The maximum Gasteiger partial charge on any atom is 0.315 e. The maximum absolute atomic E-state index is 11.9. The van der Waals surface area contributed by atoms with E-state index in [9.17, 15) is 4.79 Å². The van der Waals surface area contributed by atoms with E-state index < -0.39 is 0 Å². The van der Waals surface area contributed by atoms with Gasteiger partial charge in [0.25, 0.3) is 0 Å². The van der Waals surface area contributed by atoms with Gasteiger partial charge in [0.1, 0.15) is 0 Å². The molecular formula is C18H29N3OS. The van der Waals surface area contributed by atoms with Crippen molar-refractivity contribution in [2.45, 2.75) is 44.2 Å². The van der Waals surface area contributed by atoms with E-state index in [2.05, 4.69) is 59.9 Å². The number of carbonyl (C=O) groups is 1. The summed E-state index contributed by atoms with van der Waals surface area (Å²) in [5.74, 6) is 0.840. The Morgan fingerprint density at radius 2 is 1.91 bits per heavy atom. The first-order chi connectivity index (χ1) is 11.1. The minimum Gasteiger partial charge on any atom is -0.337 e. The number of rotatable bonds is 6. The molecule has 1 aromatic carbocycles. The van der Waals surface area contributed by atoms with Gasteiger partial charge in [0, 0.05) is 24.0 Å². The van der Waals surface area contributed by atoms with Gasteiger partial charge >= 0.3 is 6.03 Å². The number of hydrogen-bond donors (Lipinski definition) is 2. The molecule has 1 atom stereocenters. The number of nitrogens with one attached hydrogen (secondary N) is 2. The van der Waals surface area contributed by atoms with Crippen LogP contribution in [0, 0.1) is 5.92 Å². The summed E-state index contributed by atoms with van der Waals surface area (Å²) in [5, 5.41) is 5.91. The largest absolute Gasteiger partial charge is 0.337 e. The van der Waals surface area contributed by atoms with E-state index in [1.54, 1.807) is 11.8 Å². The maximum atomic E-state index is 11.9. The van der Waals surface area contributed by atoms with Gasteiger partial charge in [-0.2, -0.15) is 0 Å². The zero-order valence-electron chi connectivity index (χ0n) is 14.5. The van der Waals surface area contributed by atoms with Crippen LogP contribution in [0.25, 0.3) is 0 Å². The summed E-state index contributed by atoms with van der Waals surface area (Å²) in [6.07, 6.45) is 4.59. The minimum atomic E-state index is -0.0869. The number of amides is 2. The Labute approximate surface area is 144 Å². The predicted molar refractivity (Wildman–Crippen MR) is 97.9 cm³/mol. The van der Waals surface area contributed by atoms with Crippen LogP contribution in [0.2, 0.25) is 0 Å². The first-order valence-electron chi connectivity index (χ1n) is 8.47. The van der Waals surface area contributed by atoms with E-state index in [-0.39, 0.29) is 6.03 Å². The third-order valence-corrected chi connectivity index (χ3v) is 5.36. The van der Waals surface area contributed by atoms with Crippen molar-refractivity contribution in [1.82, 2.24) is 15.5 Å². The van der Waals surface area contributed by atoms with Crippen molar-refractivity contribution < 1.29 is 4.79 Å². The van der Waals surface area contributed by atoms with Crippen molar-refractivity contribution in [3.8, 4) is 0 Å². The fourth-order valence-electron chi connectivity index (χ4n) is 2.83. The lowest BCUT2D eigenvalue weighted by Gasteiger charge is -2.34. The SMILES string of the molecule is CSc1ccc(CNC(=O)NCC(C)N2CCC(C)CC2)cc1. The lowest BCUT2D eigenvalue weighted by molar-refractivity contribution is 0.145. The summed E-state index contributed by atoms with van der Waals surface area (Å²) in [6.45, 7) is 8.07. The van der Waals surface area contributed by atoms with Crippen molar-refractivity contribution in [2.75, 3.05) is 25.9 Å². The predicted octanol–water partition coefficient (Wildman–Crippen LogP) is 3.33. The minimum absolute atomic E-state index is 0.0869. The molecule has 2 rings (SSSR count). The third-order valence-electron chi connectivity index (χ3n) is 4.61. The molecule has 1 heterocycles. The quantitative estimate of drug-likeness (QED) is 0.784. The molecule has 128 valence electrons. The van der Waals surface area contributed by atoms with Crippen molar-refractivity contribution >= 4 is 17.8 Å². The number of carbonyl (C=O) groups excluding carboxylic acids is 1. The van der Waals surface area contributed by atoms with E-state index >= 15 is 0 Å². The molecular weight excluding hydrogens is 306 g/mol. The third kappa shape index (κ3) is 6.07. The van der Waals surface area contributed by atoms with Crippen molar-refractivity contribution in [3.63, 3.8) is 0 Å². The molecule has 2 N–H and O–H groups in total. The summed E-state index contributed by atoms with van der Waals surface area (Å²) in [7, 11) is 0. The zero-order chi connectivity index (χ0) is 16.7. The van der Waals surface area contributed by atoms with Crippen LogP contribution >= 0.6 is 11.8 Å². The molecule has 1 saturated heterocycles. The summed E-state index contributed by atoms with van der Waals surface area (Å²) in [6, 6.07) is 8.59. The summed E-state index contributed by atoms with van der Waals surface area (Å²) >= 11 is 1.72. The summed E-state index contributed by atoms with van der Waals surface area (Å²) in [4.78, 5) is 15.6. The fraction of sp³-hybridized carbons (Fsp3) is 0.611. The topological polar surface area (TPSA) is 44.4 Å². The van der Waals surface area contributed by atoms with Gasteiger partial charge in [-0.3, -0.25) is 4.90 Å². The lowest BCUT2D eigenvalue weighted by Crippen LogP contribution is -2.47. The van der Waals surface area contributed by atoms with Crippen molar-refractivity contribution in [1.29, 1.82) is 0 Å². The second-order valence-electron chi connectivity index (χ2n) is 6.48. The Morgan fingerprint density at radius 3 is 2.52 bits per heavy atom. The summed E-state index contributed by atoms with van der Waals surface area (Å²) in [5.41, 5.74) is 1.12. The molecule has 0 bridgehead atoms. The number of hydrogen-bond acceptors (Lipinski definition) is 3. The molecule has 1 unspecified atom stereocenters. The van der Waals surface area contributed by atoms with Gasteiger partial charge in [0.05, 0.1) is 0 Å². The van der Waals surface area contributed by atoms with Crippen LogP contribution in [0.5, 0.6) is 0 Å². The van der Waals surface area contributed by atoms with Crippen LogP contribution < -0.4 is 10.6 Å². The molecule has 1 fully saturated rings. The molecule has 0 radical (unpaired) electrons. The van der Waals surface area contributed by atoms with Gasteiger partial charge in [-0.05, 0) is 62.7 Å². The lowest BCUT2D eigenvalue weighted by atomic mass is 9.98. The second-order valence-corrected chi connectivity index (χ2v) is 7.36. The van der Waals surface area contributed by atoms with Crippen LogP contribution in [-0.4, -0.2) is 42.9 Å². The number of nitrogens with zero attached hydrogens (tertiary/aromatic N) is 1. The molecule has 5 heteroatoms. The monoisotopic (exact) mass is 335 g/mol. The number of likely N-dealkylation sites (tertiary alicyclic amines) is 1. The molecule has 4 nitrogen and oxygen atoms in total. The zero-order valence-corrected chi connectivity index (χ0v) is 15.3. The number of urea groups is 1. The molecule has 1 aliphatic heterocycles. The van der Waals surface area contributed by atoms with E-state index in [0.717, 1.165) is 24.6 Å². The molecule has 0 aliphatic carbocycles. The highest BCUT2D eigenvalue weighted by atomic mass is 32.2. The van der Waals surface area contributed by atoms with Crippen LogP contribution in [0.1, 0.15) is 32.3 Å². The molecule has 2 amide bonds. The van der Waals surface area contributed by atoms with E-state index in [0.29, 0.717) is 19.1 Å². The van der Waals surface area contributed by atoms with Crippen LogP contribution in [0.3, 0.4) is 0 Å². The number of piperidine rings is 1. The van der Waals surface area contributed by atoms with Crippen LogP contribution in [-0.2, 0) is 6.54 Å². The molecule has 0 spiro atoms. The molecule has 0 aromatic heterocycles. The van der Waals surface area contributed by atoms with Gasteiger partial charge in [0.2, 0.25) is 0 Å². The van der Waals surface area contributed by atoms with E-state index in [1.165, 1.54) is 17.7 Å². The molecule has 23 heavy (non-hydrogen) atoms. The molecule has 1 aliphatic rings. The highest BCUT2D eigenvalue weighted by molar-refractivity contribution is 7.98. The first-order valence-corrected chi connectivity index (χ1v) is 9.69.